The first-order valence-corrected chi connectivity index (χ1v) is 7.21. The second-order valence-corrected chi connectivity index (χ2v) is 5.95. The van der Waals surface area contributed by atoms with E-state index in [4.69, 9.17) is 0 Å². The highest BCUT2D eigenvalue weighted by atomic mass is 32.1. The Kier molecular flexibility index (Phi) is 3.04. The van der Waals surface area contributed by atoms with E-state index in [9.17, 15) is 4.79 Å². The highest BCUT2D eigenvalue weighted by Gasteiger charge is 2.19. The van der Waals surface area contributed by atoms with E-state index in [1.807, 2.05) is 13.2 Å². The number of aryl methyl sites for hydroxylation is 3. The zero-order chi connectivity index (χ0) is 12.5. The first-order chi connectivity index (χ1) is 8.75. The Morgan fingerprint density at radius 3 is 2.94 bits per heavy atom. The average Bonchev–Trinajstić information content (AvgIpc) is 2.90. The molecule has 0 saturated carbocycles. The molecule has 2 heterocycles. The summed E-state index contributed by atoms with van der Waals surface area (Å²) in [5, 5.41) is 0. The van der Waals surface area contributed by atoms with Crippen molar-refractivity contribution in [3.8, 4) is 0 Å². The minimum Gasteiger partial charge on any atom is -0.331 e. The Hall–Kier alpha value is -1.42. The first-order valence-electron chi connectivity index (χ1n) is 6.39. The fourth-order valence-electron chi connectivity index (χ4n) is 2.47. The average molecular weight is 260 g/mol. The van der Waals surface area contributed by atoms with E-state index in [1.54, 1.807) is 22.1 Å². The molecule has 4 heteroatoms. The fourth-order valence-corrected chi connectivity index (χ4v) is 3.66. The van der Waals surface area contributed by atoms with E-state index in [0.29, 0.717) is 5.82 Å². The molecule has 0 saturated heterocycles. The van der Waals surface area contributed by atoms with Gasteiger partial charge in [-0.3, -0.25) is 4.79 Å². The highest BCUT2D eigenvalue weighted by molar-refractivity contribution is 7.14. The maximum Gasteiger partial charge on any atom is 0.238 e. The standard InChI is InChI=1S/C14H16N2OS/c1-16-8-7-15-14(16)13(17)12-9-10-5-3-2-4-6-11(10)18-12/h7-9H,2-6H2,1H3. The van der Waals surface area contributed by atoms with Gasteiger partial charge in [-0.2, -0.15) is 0 Å². The molecule has 94 valence electrons. The van der Waals surface area contributed by atoms with Gasteiger partial charge in [-0.15, -0.1) is 11.3 Å². The molecule has 2 aromatic rings. The van der Waals surface area contributed by atoms with Gasteiger partial charge in [-0.1, -0.05) is 6.42 Å². The van der Waals surface area contributed by atoms with Crippen LogP contribution in [-0.4, -0.2) is 15.3 Å². The predicted octanol–water partition coefficient (Wildman–Crippen LogP) is 2.98. The third-order valence-corrected chi connectivity index (χ3v) is 4.73. The van der Waals surface area contributed by atoms with E-state index in [-0.39, 0.29) is 5.78 Å². The first kappa shape index (κ1) is 11.7. The molecule has 0 fully saturated rings. The number of aromatic nitrogens is 2. The topological polar surface area (TPSA) is 34.9 Å². The number of ketones is 1. The lowest BCUT2D eigenvalue weighted by Gasteiger charge is -1.98. The summed E-state index contributed by atoms with van der Waals surface area (Å²) in [6.45, 7) is 0. The molecule has 0 aromatic carbocycles. The van der Waals surface area contributed by atoms with Crippen LogP contribution in [0.1, 0.15) is 45.2 Å². The van der Waals surface area contributed by atoms with Gasteiger partial charge in [0.15, 0.2) is 5.82 Å². The third kappa shape index (κ3) is 2.01. The van der Waals surface area contributed by atoms with Crippen molar-refractivity contribution in [1.29, 1.82) is 0 Å². The Balaban J connectivity index is 1.94. The van der Waals surface area contributed by atoms with Crippen LogP contribution in [0.2, 0.25) is 0 Å². The second-order valence-electron chi connectivity index (χ2n) is 4.81. The zero-order valence-electron chi connectivity index (χ0n) is 10.5. The lowest BCUT2D eigenvalue weighted by atomic mass is 10.1. The number of carbonyl (C=O) groups excluding carboxylic acids is 1. The summed E-state index contributed by atoms with van der Waals surface area (Å²) in [4.78, 5) is 18.7. The summed E-state index contributed by atoms with van der Waals surface area (Å²) >= 11 is 1.66. The number of hydrogen-bond acceptors (Lipinski definition) is 3. The zero-order valence-corrected chi connectivity index (χ0v) is 11.3. The molecule has 0 amide bonds. The van der Waals surface area contributed by atoms with Gasteiger partial charge in [-0.05, 0) is 37.3 Å². The maximum absolute atomic E-state index is 12.4. The lowest BCUT2D eigenvalue weighted by molar-refractivity contribution is 0.103. The van der Waals surface area contributed by atoms with Crippen LogP contribution in [-0.2, 0) is 19.9 Å². The van der Waals surface area contributed by atoms with E-state index in [0.717, 1.165) is 17.7 Å². The van der Waals surface area contributed by atoms with Crippen LogP contribution in [0.15, 0.2) is 18.5 Å². The van der Waals surface area contributed by atoms with Gasteiger partial charge in [0.2, 0.25) is 5.78 Å². The summed E-state index contributed by atoms with van der Waals surface area (Å²) in [6.07, 6.45) is 9.55. The molecule has 1 aliphatic rings. The number of carbonyl (C=O) groups is 1. The molecule has 0 radical (unpaired) electrons. The number of fused-ring (bicyclic) bond motifs is 1. The van der Waals surface area contributed by atoms with Crippen LogP contribution in [0.4, 0.5) is 0 Å². The molecule has 0 bridgehead atoms. The van der Waals surface area contributed by atoms with E-state index in [1.165, 1.54) is 29.7 Å². The number of rotatable bonds is 2. The molecule has 18 heavy (non-hydrogen) atoms. The minimum atomic E-state index is 0.0561. The van der Waals surface area contributed by atoms with Crippen LogP contribution < -0.4 is 0 Å². The van der Waals surface area contributed by atoms with Gasteiger partial charge in [-0.25, -0.2) is 4.98 Å². The minimum absolute atomic E-state index is 0.0561. The van der Waals surface area contributed by atoms with Crippen LogP contribution in [0, 0.1) is 0 Å². The maximum atomic E-state index is 12.4. The molecule has 0 N–H and O–H groups in total. The molecule has 0 spiro atoms. The molecule has 3 nitrogen and oxygen atoms in total. The Morgan fingerprint density at radius 1 is 1.33 bits per heavy atom. The van der Waals surface area contributed by atoms with Crippen molar-refractivity contribution in [1.82, 2.24) is 9.55 Å². The highest BCUT2D eigenvalue weighted by Crippen LogP contribution is 2.30. The number of hydrogen-bond donors (Lipinski definition) is 0. The summed E-state index contributed by atoms with van der Waals surface area (Å²) < 4.78 is 1.78. The Morgan fingerprint density at radius 2 is 2.17 bits per heavy atom. The summed E-state index contributed by atoms with van der Waals surface area (Å²) in [6, 6.07) is 2.09. The molecular formula is C14H16N2OS. The summed E-state index contributed by atoms with van der Waals surface area (Å²) in [5.74, 6) is 0.590. The molecule has 0 aliphatic heterocycles. The number of thiophene rings is 1. The van der Waals surface area contributed by atoms with Crippen molar-refractivity contribution in [3.05, 3.63) is 39.6 Å². The molecule has 0 atom stereocenters. The van der Waals surface area contributed by atoms with E-state index >= 15 is 0 Å². The van der Waals surface area contributed by atoms with Crippen LogP contribution in [0.25, 0.3) is 0 Å². The van der Waals surface area contributed by atoms with Gasteiger partial charge in [0.1, 0.15) is 0 Å². The molecule has 0 unspecified atom stereocenters. The Labute approximate surface area is 110 Å². The van der Waals surface area contributed by atoms with E-state index < -0.39 is 0 Å². The quantitative estimate of drug-likeness (QED) is 0.614. The molecule has 3 rings (SSSR count). The summed E-state index contributed by atoms with van der Waals surface area (Å²) in [7, 11) is 1.86. The molecule has 2 aromatic heterocycles. The van der Waals surface area contributed by atoms with Crippen LogP contribution in [0.5, 0.6) is 0 Å². The second kappa shape index (κ2) is 4.69. The van der Waals surface area contributed by atoms with Crippen LogP contribution in [0.3, 0.4) is 0 Å². The molecule has 1 aliphatic carbocycles. The Bertz CT molecular complexity index is 559. The van der Waals surface area contributed by atoms with Crippen molar-refractivity contribution in [2.75, 3.05) is 0 Å². The molecular weight excluding hydrogens is 244 g/mol. The van der Waals surface area contributed by atoms with Gasteiger partial charge < -0.3 is 4.57 Å². The van der Waals surface area contributed by atoms with Crippen molar-refractivity contribution >= 4 is 17.1 Å². The third-order valence-electron chi connectivity index (χ3n) is 3.49. The van der Waals surface area contributed by atoms with Crippen LogP contribution >= 0.6 is 11.3 Å². The van der Waals surface area contributed by atoms with Gasteiger partial charge in [0.05, 0.1) is 4.88 Å². The number of nitrogens with zero attached hydrogens (tertiary/aromatic N) is 2. The SMILES string of the molecule is Cn1ccnc1C(=O)c1cc2c(s1)CCCCC2. The van der Waals surface area contributed by atoms with Gasteiger partial charge in [0.25, 0.3) is 0 Å². The van der Waals surface area contributed by atoms with Crippen molar-refractivity contribution in [2.24, 2.45) is 7.05 Å². The monoisotopic (exact) mass is 260 g/mol. The summed E-state index contributed by atoms with van der Waals surface area (Å²) in [5.41, 5.74) is 1.38. The van der Waals surface area contributed by atoms with Crippen molar-refractivity contribution in [2.45, 2.75) is 32.1 Å². The lowest BCUT2D eigenvalue weighted by Crippen LogP contribution is -2.06. The van der Waals surface area contributed by atoms with Gasteiger partial charge >= 0.3 is 0 Å². The number of imidazole rings is 1. The largest absolute Gasteiger partial charge is 0.331 e. The van der Waals surface area contributed by atoms with Crippen molar-refractivity contribution in [3.63, 3.8) is 0 Å². The van der Waals surface area contributed by atoms with Gasteiger partial charge in [0, 0.05) is 24.3 Å². The normalized spacial score (nSPS) is 15.2. The van der Waals surface area contributed by atoms with Crippen molar-refractivity contribution < 1.29 is 4.79 Å². The predicted molar refractivity (Wildman–Crippen MR) is 72.2 cm³/mol. The fraction of sp³-hybridized carbons (Fsp3) is 0.429. The smallest absolute Gasteiger partial charge is 0.238 e. The van der Waals surface area contributed by atoms with E-state index in [2.05, 4.69) is 11.1 Å².